The molecule has 0 saturated carbocycles. The molecule has 0 spiro atoms. The second kappa shape index (κ2) is 8.89. The van der Waals surface area contributed by atoms with Crippen LogP contribution in [0, 0.1) is 11.3 Å². The number of nitrogens with zero attached hydrogens (tertiary/aromatic N) is 1. The van der Waals surface area contributed by atoms with Crippen molar-refractivity contribution in [3.8, 4) is 5.75 Å². The summed E-state index contributed by atoms with van der Waals surface area (Å²) >= 11 is 0. The Morgan fingerprint density at radius 3 is 2.70 bits per heavy atom. The van der Waals surface area contributed by atoms with E-state index in [-0.39, 0.29) is 35.8 Å². The van der Waals surface area contributed by atoms with Gasteiger partial charge in [-0.1, -0.05) is 44.2 Å². The number of guanidine groups is 1. The van der Waals surface area contributed by atoms with E-state index in [1.54, 1.807) is 6.07 Å². The number of para-hydroxylation sites is 1. The molecule has 2 aliphatic rings. The molecule has 2 aromatic carbocycles. The highest BCUT2D eigenvalue weighted by Crippen LogP contribution is 2.33. The molecule has 33 heavy (non-hydrogen) atoms. The Bertz CT molecular complexity index is 1060. The molecule has 0 aliphatic carbocycles. The first-order chi connectivity index (χ1) is 15.7. The molecule has 4 rings (SSSR count). The first kappa shape index (κ1) is 22.8. The minimum absolute atomic E-state index is 0.0869. The lowest BCUT2D eigenvalue weighted by molar-refractivity contribution is -0.132. The first-order valence-electron chi connectivity index (χ1n) is 11.5. The maximum Gasteiger partial charge on any atom is 0.251 e. The smallest absolute Gasteiger partial charge is 0.251 e. The number of benzene rings is 2. The number of fused-ring (bicyclic) bond motifs is 1. The van der Waals surface area contributed by atoms with Crippen molar-refractivity contribution in [1.82, 2.24) is 15.5 Å². The molecule has 7 nitrogen and oxygen atoms in total. The summed E-state index contributed by atoms with van der Waals surface area (Å²) in [5, 5.41) is 14.8. The molecule has 7 heteroatoms. The van der Waals surface area contributed by atoms with Crippen molar-refractivity contribution >= 4 is 17.8 Å². The lowest BCUT2D eigenvalue weighted by Gasteiger charge is -2.45. The van der Waals surface area contributed by atoms with E-state index in [0.29, 0.717) is 25.0 Å². The van der Waals surface area contributed by atoms with Crippen molar-refractivity contribution in [3.05, 3.63) is 65.2 Å². The molecular weight excluding hydrogens is 416 g/mol. The summed E-state index contributed by atoms with van der Waals surface area (Å²) in [6, 6.07) is 14.6. The summed E-state index contributed by atoms with van der Waals surface area (Å²) in [6.45, 7) is 8.51. The van der Waals surface area contributed by atoms with Crippen molar-refractivity contribution in [2.24, 2.45) is 5.92 Å². The predicted octanol–water partition coefficient (Wildman–Crippen LogP) is 4.17. The molecule has 3 N–H and O–H groups in total. The molecule has 1 unspecified atom stereocenters. The van der Waals surface area contributed by atoms with Crippen LogP contribution in [0.5, 0.6) is 5.75 Å². The Morgan fingerprint density at radius 1 is 1.21 bits per heavy atom. The minimum atomic E-state index is -0.438. The van der Waals surface area contributed by atoms with E-state index in [9.17, 15) is 9.59 Å². The van der Waals surface area contributed by atoms with Gasteiger partial charge in [0.2, 0.25) is 5.91 Å². The van der Waals surface area contributed by atoms with Crippen LogP contribution in [0.4, 0.5) is 0 Å². The maximum absolute atomic E-state index is 13.1. The molecule has 2 amide bonds. The fourth-order valence-electron chi connectivity index (χ4n) is 4.48. The fourth-order valence-corrected chi connectivity index (χ4v) is 4.48. The third kappa shape index (κ3) is 4.45. The summed E-state index contributed by atoms with van der Waals surface area (Å²) < 4.78 is 5.69. The van der Waals surface area contributed by atoms with E-state index < -0.39 is 5.54 Å². The highest BCUT2D eigenvalue weighted by atomic mass is 16.5. The standard InChI is InChI=1S/C26H32N4O3/c1-16(2)26(4)15-23(31)30(25(27)29-26)17(3)18-8-7-9-19(14-18)24(32)28-21-12-13-33-22-11-6-5-10-20(21)22/h5-11,14,16-17,21H,12-13,15H2,1-4H3,(H2,27,29)(H,28,32)/t17-,21?,26+/m1/s1. The van der Waals surface area contributed by atoms with Crippen molar-refractivity contribution in [1.29, 1.82) is 5.41 Å². The van der Waals surface area contributed by atoms with Gasteiger partial charge in [0.1, 0.15) is 5.75 Å². The second-order valence-corrected chi connectivity index (χ2v) is 9.49. The zero-order chi connectivity index (χ0) is 23.8. The van der Waals surface area contributed by atoms with Gasteiger partial charge in [-0.2, -0.15) is 0 Å². The van der Waals surface area contributed by atoms with Crippen LogP contribution >= 0.6 is 0 Å². The lowest BCUT2D eigenvalue weighted by atomic mass is 9.83. The first-order valence-corrected chi connectivity index (χ1v) is 11.5. The van der Waals surface area contributed by atoms with Crippen molar-refractivity contribution < 1.29 is 14.3 Å². The fraction of sp³-hybridized carbons (Fsp3) is 0.423. The van der Waals surface area contributed by atoms with E-state index >= 15 is 0 Å². The van der Waals surface area contributed by atoms with Gasteiger partial charge in [0, 0.05) is 23.1 Å². The Balaban J connectivity index is 1.51. The molecule has 0 radical (unpaired) electrons. The van der Waals surface area contributed by atoms with Crippen LogP contribution in [0.2, 0.25) is 0 Å². The summed E-state index contributed by atoms with van der Waals surface area (Å²) in [7, 11) is 0. The summed E-state index contributed by atoms with van der Waals surface area (Å²) in [5.74, 6) is 0.858. The lowest BCUT2D eigenvalue weighted by Crippen LogP contribution is -2.63. The van der Waals surface area contributed by atoms with E-state index in [0.717, 1.165) is 16.9 Å². The van der Waals surface area contributed by atoms with E-state index in [1.165, 1.54) is 4.90 Å². The molecule has 1 fully saturated rings. The molecule has 2 aliphatic heterocycles. The number of carbonyl (C=O) groups is 2. The summed E-state index contributed by atoms with van der Waals surface area (Å²) in [6.07, 6.45) is 1.03. The molecule has 174 valence electrons. The Hall–Kier alpha value is -3.35. The van der Waals surface area contributed by atoms with Crippen LogP contribution in [-0.4, -0.2) is 34.8 Å². The monoisotopic (exact) mass is 448 g/mol. The van der Waals surface area contributed by atoms with Gasteiger partial charge in [0.25, 0.3) is 5.91 Å². The van der Waals surface area contributed by atoms with Gasteiger partial charge in [-0.3, -0.25) is 19.9 Å². The third-order valence-corrected chi connectivity index (χ3v) is 6.99. The van der Waals surface area contributed by atoms with Crippen LogP contribution in [0.1, 0.15) is 74.1 Å². The van der Waals surface area contributed by atoms with Crippen molar-refractivity contribution in [2.45, 2.75) is 58.2 Å². The zero-order valence-corrected chi connectivity index (χ0v) is 19.6. The van der Waals surface area contributed by atoms with Gasteiger partial charge in [-0.15, -0.1) is 0 Å². The molecule has 1 saturated heterocycles. The van der Waals surface area contributed by atoms with Crippen molar-refractivity contribution in [2.75, 3.05) is 6.61 Å². The van der Waals surface area contributed by atoms with E-state index in [1.807, 2.05) is 70.2 Å². The predicted molar refractivity (Wildman–Crippen MR) is 127 cm³/mol. The van der Waals surface area contributed by atoms with Gasteiger partial charge in [0.15, 0.2) is 5.96 Å². The molecule has 3 atom stereocenters. The third-order valence-electron chi connectivity index (χ3n) is 6.99. The van der Waals surface area contributed by atoms with Crippen molar-refractivity contribution in [3.63, 3.8) is 0 Å². The van der Waals surface area contributed by atoms with Crippen LogP contribution in [0.3, 0.4) is 0 Å². The van der Waals surface area contributed by atoms with E-state index in [2.05, 4.69) is 10.6 Å². The van der Waals surface area contributed by atoms with E-state index in [4.69, 9.17) is 10.1 Å². The van der Waals surface area contributed by atoms with Crippen LogP contribution in [0.15, 0.2) is 48.5 Å². The Kier molecular flexibility index (Phi) is 6.15. The quantitative estimate of drug-likeness (QED) is 0.640. The number of ether oxygens (including phenoxy) is 1. The van der Waals surface area contributed by atoms with Crippen LogP contribution in [-0.2, 0) is 4.79 Å². The average Bonchev–Trinajstić information content (AvgIpc) is 2.78. The minimum Gasteiger partial charge on any atom is -0.493 e. The van der Waals surface area contributed by atoms with Gasteiger partial charge >= 0.3 is 0 Å². The SMILES string of the molecule is CC(C)[C@]1(C)CC(=O)N([C@H](C)c2cccc(C(=O)NC3CCOc4ccccc43)c2)C(=N)N1. The van der Waals surface area contributed by atoms with Gasteiger partial charge in [-0.25, -0.2) is 0 Å². The summed E-state index contributed by atoms with van der Waals surface area (Å²) in [4.78, 5) is 27.5. The second-order valence-electron chi connectivity index (χ2n) is 9.49. The van der Waals surface area contributed by atoms with Gasteiger partial charge in [-0.05, 0) is 43.5 Å². The number of hydrogen-bond donors (Lipinski definition) is 3. The highest BCUT2D eigenvalue weighted by Gasteiger charge is 2.42. The molecule has 0 bridgehead atoms. The van der Waals surface area contributed by atoms with Gasteiger partial charge in [0.05, 0.1) is 25.1 Å². The van der Waals surface area contributed by atoms with Crippen LogP contribution in [0.25, 0.3) is 0 Å². The number of rotatable bonds is 5. The van der Waals surface area contributed by atoms with Gasteiger partial charge < -0.3 is 15.4 Å². The number of carbonyl (C=O) groups excluding carboxylic acids is 2. The molecule has 2 aromatic rings. The normalized spacial score (nSPS) is 23.4. The maximum atomic E-state index is 13.1. The summed E-state index contributed by atoms with van der Waals surface area (Å²) in [5.41, 5.74) is 1.88. The number of nitrogens with one attached hydrogen (secondary N) is 3. The van der Waals surface area contributed by atoms with Crippen LogP contribution < -0.4 is 15.4 Å². The number of amides is 2. The molecule has 0 aromatic heterocycles. The molecular formula is C26H32N4O3. The Labute approximate surface area is 195 Å². The average molecular weight is 449 g/mol. The Morgan fingerprint density at radius 2 is 1.97 bits per heavy atom. The largest absolute Gasteiger partial charge is 0.493 e. The molecule has 2 heterocycles. The highest BCUT2D eigenvalue weighted by molar-refractivity contribution is 6.00. The zero-order valence-electron chi connectivity index (χ0n) is 19.6. The topological polar surface area (TPSA) is 94.5 Å². The number of hydrogen-bond acceptors (Lipinski definition) is 4.